The Kier molecular flexibility index (Phi) is 6.20. The summed E-state index contributed by atoms with van der Waals surface area (Å²) in [7, 11) is 0. The molecule has 2 heterocycles. The van der Waals surface area contributed by atoms with Crippen LogP contribution < -0.4 is 10.2 Å². The molecule has 162 valence electrons. The Hall–Kier alpha value is -2.96. The van der Waals surface area contributed by atoms with Crippen molar-refractivity contribution in [1.29, 1.82) is 0 Å². The minimum Gasteiger partial charge on any atom is -0.486 e. The van der Waals surface area contributed by atoms with Gasteiger partial charge >= 0.3 is 0 Å². The molecule has 1 saturated heterocycles. The summed E-state index contributed by atoms with van der Waals surface area (Å²) >= 11 is 0. The number of piperidine rings is 1. The first-order valence-electron chi connectivity index (χ1n) is 10.7. The fourth-order valence-electron chi connectivity index (χ4n) is 4.33. The van der Waals surface area contributed by atoms with Crippen LogP contribution in [0, 0.1) is 6.92 Å². The molecule has 0 aliphatic carbocycles. The number of hydrogen-bond acceptors (Lipinski definition) is 5. The number of hydrogen-bond donors (Lipinski definition) is 2. The number of carbonyl (C=O) groups is 2. The van der Waals surface area contributed by atoms with Gasteiger partial charge in [-0.05, 0) is 42.7 Å². The van der Waals surface area contributed by atoms with E-state index in [1.165, 1.54) is 17.2 Å². The Morgan fingerprint density at radius 2 is 1.94 bits per heavy atom. The molecule has 2 aliphatic heterocycles. The summed E-state index contributed by atoms with van der Waals surface area (Å²) in [5.74, 6) is 0.0812. The lowest BCUT2D eigenvalue weighted by molar-refractivity contribution is -0.124. The number of nitrogens with zero attached hydrogens (tertiary/aromatic N) is 1. The van der Waals surface area contributed by atoms with Gasteiger partial charge in [0.25, 0.3) is 5.91 Å². The Morgan fingerprint density at radius 3 is 2.65 bits per heavy atom. The molecule has 0 atom stereocenters. The number of nitrogens with one attached hydrogen (secondary N) is 1. The number of benzene rings is 2. The standard InChI is InChI=1S/C25H28N2O4/c1-18-2-4-19(5-3-18)10-13-27-14-11-25(12-15-27)17-22(28)21-16-20(6-8-23(21)31-25)7-9-24(29)26-30/h2-9,16,30H,10-15,17H2,1H3,(H,26,29). The second kappa shape index (κ2) is 9.04. The number of Topliss-reactive ketones (excluding diaryl/α,β-unsaturated/α-hetero) is 1. The number of aryl methyl sites for hydroxylation is 1. The highest BCUT2D eigenvalue weighted by Gasteiger charge is 2.42. The number of hydroxylamine groups is 1. The molecule has 0 aromatic heterocycles. The second-order valence-electron chi connectivity index (χ2n) is 8.53. The van der Waals surface area contributed by atoms with Crippen LogP contribution in [-0.2, 0) is 11.2 Å². The fraction of sp³-hybridized carbons (Fsp3) is 0.360. The number of ketones is 1. The summed E-state index contributed by atoms with van der Waals surface area (Å²) in [4.78, 5) is 26.5. The Balaban J connectivity index is 1.36. The van der Waals surface area contributed by atoms with Crippen molar-refractivity contribution in [2.75, 3.05) is 19.6 Å². The lowest BCUT2D eigenvalue weighted by Gasteiger charge is -2.44. The van der Waals surface area contributed by atoms with Crippen molar-refractivity contribution in [3.8, 4) is 5.75 Å². The first-order chi connectivity index (χ1) is 15.0. The van der Waals surface area contributed by atoms with E-state index in [4.69, 9.17) is 9.94 Å². The molecule has 1 amide bonds. The monoisotopic (exact) mass is 420 g/mol. The molecule has 0 radical (unpaired) electrons. The maximum atomic E-state index is 12.9. The van der Waals surface area contributed by atoms with E-state index in [0.717, 1.165) is 38.9 Å². The molecule has 0 bridgehead atoms. The highest BCUT2D eigenvalue weighted by Crippen LogP contribution is 2.39. The van der Waals surface area contributed by atoms with Crippen LogP contribution in [0.3, 0.4) is 0 Å². The minimum absolute atomic E-state index is 0.0798. The number of rotatable bonds is 5. The van der Waals surface area contributed by atoms with Gasteiger partial charge < -0.3 is 9.64 Å². The van der Waals surface area contributed by atoms with Crippen molar-refractivity contribution >= 4 is 17.8 Å². The van der Waals surface area contributed by atoms with Crippen LogP contribution >= 0.6 is 0 Å². The molecule has 2 aromatic carbocycles. The van der Waals surface area contributed by atoms with Crippen molar-refractivity contribution in [2.24, 2.45) is 0 Å². The van der Waals surface area contributed by atoms with E-state index >= 15 is 0 Å². The van der Waals surface area contributed by atoms with Crippen LogP contribution in [0.4, 0.5) is 0 Å². The van der Waals surface area contributed by atoms with Gasteiger partial charge in [-0.1, -0.05) is 35.9 Å². The molecular weight excluding hydrogens is 392 g/mol. The molecule has 2 aliphatic rings. The van der Waals surface area contributed by atoms with Crippen LogP contribution in [0.5, 0.6) is 5.75 Å². The van der Waals surface area contributed by atoms with Crippen molar-refractivity contribution in [3.63, 3.8) is 0 Å². The van der Waals surface area contributed by atoms with Crippen LogP contribution in [0.25, 0.3) is 6.08 Å². The maximum Gasteiger partial charge on any atom is 0.267 e. The van der Waals surface area contributed by atoms with Crippen molar-refractivity contribution in [1.82, 2.24) is 10.4 Å². The van der Waals surface area contributed by atoms with Crippen LogP contribution in [0.15, 0.2) is 48.5 Å². The van der Waals surface area contributed by atoms with Gasteiger partial charge in [0.1, 0.15) is 11.4 Å². The molecule has 1 spiro atoms. The summed E-state index contributed by atoms with van der Waals surface area (Å²) in [5, 5.41) is 8.58. The average Bonchev–Trinajstić information content (AvgIpc) is 2.78. The Morgan fingerprint density at radius 1 is 1.19 bits per heavy atom. The lowest BCUT2D eigenvalue weighted by atomic mass is 9.82. The molecule has 4 rings (SSSR count). The van der Waals surface area contributed by atoms with Crippen LogP contribution in [0.1, 0.15) is 46.3 Å². The summed E-state index contributed by atoms with van der Waals surface area (Å²) in [6.07, 6.45) is 5.85. The molecular formula is C25H28N2O4. The van der Waals surface area contributed by atoms with E-state index in [9.17, 15) is 9.59 Å². The van der Waals surface area contributed by atoms with Gasteiger partial charge in [-0.15, -0.1) is 0 Å². The zero-order chi connectivity index (χ0) is 21.8. The molecule has 2 aromatic rings. The third-order valence-corrected chi connectivity index (χ3v) is 6.26. The predicted octanol–water partition coefficient (Wildman–Crippen LogP) is 3.56. The fourth-order valence-corrected chi connectivity index (χ4v) is 4.33. The second-order valence-corrected chi connectivity index (χ2v) is 8.53. The normalized spacial score (nSPS) is 18.1. The smallest absolute Gasteiger partial charge is 0.267 e. The third kappa shape index (κ3) is 5.03. The molecule has 6 nitrogen and oxygen atoms in total. The molecule has 31 heavy (non-hydrogen) atoms. The number of ether oxygens (including phenoxy) is 1. The van der Waals surface area contributed by atoms with Crippen molar-refractivity contribution < 1.29 is 19.5 Å². The van der Waals surface area contributed by atoms with Crippen LogP contribution in [-0.4, -0.2) is 47.0 Å². The maximum absolute atomic E-state index is 12.9. The summed E-state index contributed by atoms with van der Waals surface area (Å²) < 4.78 is 6.37. The Bertz CT molecular complexity index is 989. The predicted molar refractivity (Wildman–Crippen MR) is 118 cm³/mol. The van der Waals surface area contributed by atoms with Gasteiger partial charge in [0.15, 0.2) is 5.78 Å². The molecule has 6 heteroatoms. The number of fused-ring (bicyclic) bond motifs is 1. The van der Waals surface area contributed by atoms with E-state index in [1.807, 2.05) is 6.07 Å². The SMILES string of the molecule is Cc1ccc(CCN2CCC3(CC2)CC(=O)c2cc(C=CC(=O)NO)ccc2O3)cc1. The first kappa shape index (κ1) is 21.3. The zero-order valence-electron chi connectivity index (χ0n) is 17.8. The topological polar surface area (TPSA) is 78.9 Å². The van der Waals surface area contributed by atoms with Gasteiger partial charge in [0, 0.05) is 38.6 Å². The van der Waals surface area contributed by atoms with Crippen molar-refractivity contribution in [3.05, 3.63) is 70.8 Å². The van der Waals surface area contributed by atoms with E-state index in [-0.39, 0.29) is 5.78 Å². The van der Waals surface area contributed by atoms with Crippen molar-refractivity contribution in [2.45, 2.75) is 38.2 Å². The molecule has 2 N–H and O–H groups in total. The van der Waals surface area contributed by atoms with Gasteiger partial charge in [-0.3, -0.25) is 14.8 Å². The first-order valence-corrected chi connectivity index (χ1v) is 10.7. The summed E-state index contributed by atoms with van der Waals surface area (Å²) in [5.41, 5.74) is 5.03. The Labute approximate surface area is 182 Å². The largest absolute Gasteiger partial charge is 0.486 e. The quantitative estimate of drug-likeness (QED) is 0.439. The van der Waals surface area contributed by atoms with E-state index in [0.29, 0.717) is 23.3 Å². The van der Waals surface area contributed by atoms with Crippen LogP contribution in [0.2, 0.25) is 0 Å². The zero-order valence-corrected chi connectivity index (χ0v) is 17.8. The highest BCUT2D eigenvalue weighted by molar-refractivity contribution is 6.01. The van der Waals surface area contributed by atoms with Gasteiger partial charge in [-0.25, -0.2) is 5.48 Å². The number of carbonyl (C=O) groups excluding carboxylic acids is 2. The minimum atomic E-state index is -0.617. The molecule has 0 saturated carbocycles. The average molecular weight is 421 g/mol. The lowest BCUT2D eigenvalue weighted by Crippen LogP contribution is -2.51. The number of likely N-dealkylation sites (tertiary alicyclic amines) is 1. The summed E-state index contributed by atoms with van der Waals surface area (Å²) in [6, 6.07) is 14.0. The van der Waals surface area contributed by atoms with Gasteiger partial charge in [-0.2, -0.15) is 0 Å². The van der Waals surface area contributed by atoms with E-state index < -0.39 is 11.5 Å². The van der Waals surface area contributed by atoms with E-state index in [1.54, 1.807) is 23.7 Å². The van der Waals surface area contributed by atoms with Gasteiger partial charge in [0.2, 0.25) is 0 Å². The molecule has 0 unspecified atom stereocenters. The third-order valence-electron chi connectivity index (χ3n) is 6.26. The van der Waals surface area contributed by atoms with E-state index in [2.05, 4.69) is 36.1 Å². The highest BCUT2D eigenvalue weighted by atomic mass is 16.5. The van der Waals surface area contributed by atoms with Gasteiger partial charge in [0.05, 0.1) is 12.0 Å². The number of amides is 1. The molecule has 1 fully saturated rings. The summed E-state index contributed by atoms with van der Waals surface area (Å²) in [6.45, 7) is 4.96.